The standard InChI is InChI=1S/C17H26N4O2S/c1-5-18-17(24)20-19-13(4)14-8-10-15(11-9-14)23-12-16(22)21(6-2)7-3/h8-11H,5-7,12H2,1-4H3,(H2,18,20,24)/b19-13-. The summed E-state index contributed by atoms with van der Waals surface area (Å²) in [7, 11) is 0. The summed E-state index contributed by atoms with van der Waals surface area (Å²) < 4.78 is 5.54. The van der Waals surface area contributed by atoms with Crippen LogP contribution >= 0.6 is 12.2 Å². The number of ether oxygens (including phenoxy) is 1. The lowest BCUT2D eigenvalue weighted by Crippen LogP contribution is -2.34. The lowest BCUT2D eigenvalue weighted by molar-refractivity contribution is -0.132. The molecular weight excluding hydrogens is 324 g/mol. The molecule has 0 saturated carbocycles. The summed E-state index contributed by atoms with van der Waals surface area (Å²) in [5.74, 6) is 0.645. The zero-order chi connectivity index (χ0) is 17.9. The minimum absolute atomic E-state index is 0.0112. The van der Waals surface area contributed by atoms with Crippen molar-refractivity contribution in [3.8, 4) is 5.75 Å². The first kappa shape index (κ1) is 19.9. The van der Waals surface area contributed by atoms with E-state index in [9.17, 15) is 4.79 Å². The molecule has 0 radical (unpaired) electrons. The number of nitrogens with one attached hydrogen (secondary N) is 2. The van der Waals surface area contributed by atoms with Crippen molar-refractivity contribution in [3.05, 3.63) is 29.8 Å². The van der Waals surface area contributed by atoms with Crippen molar-refractivity contribution < 1.29 is 9.53 Å². The molecule has 1 rings (SSSR count). The maximum absolute atomic E-state index is 11.9. The molecule has 0 heterocycles. The predicted molar refractivity (Wildman–Crippen MR) is 101 cm³/mol. The zero-order valence-electron chi connectivity index (χ0n) is 14.8. The Bertz CT molecular complexity index is 568. The van der Waals surface area contributed by atoms with Crippen LogP contribution in [0.15, 0.2) is 29.4 Å². The van der Waals surface area contributed by atoms with Crippen LogP contribution in [0.25, 0.3) is 0 Å². The van der Waals surface area contributed by atoms with E-state index in [-0.39, 0.29) is 12.5 Å². The predicted octanol–water partition coefficient (Wildman–Crippen LogP) is 2.14. The van der Waals surface area contributed by atoms with Crippen molar-refractivity contribution >= 4 is 28.9 Å². The number of hydrogen-bond donors (Lipinski definition) is 2. The van der Waals surface area contributed by atoms with Crippen molar-refractivity contribution in [2.75, 3.05) is 26.2 Å². The SMILES string of the molecule is CCNC(=S)N/N=C(/C)c1ccc(OCC(=O)N(CC)CC)cc1. The fourth-order valence-electron chi connectivity index (χ4n) is 2.00. The van der Waals surface area contributed by atoms with Crippen molar-refractivity contribution in [1.29, 1.82) is 0 Å². The Hall–Kier alpha value is -2.15. The summed E-state index contributed by atoms with van der Waals surface area (Å²) in [6.45, 7) is 9.94. The molecule has 0 aromatic heterocycles. The first-order valence-corrected chi connectivity index (χ1v) is 8.51. The van der Waals surface area contributed by atoms with Crippen molar-refractivity contribution in [2.24, 2.45) is 5.10 Å². The maximum Gasteiger partial charge on any atom is 0.260 e. The van der Waals surface area contributed by atoms with E-state index in [0.29, 0.717) is 24.0 Å². The molecule has 0 atom stereocenters. The number of amides is 1. The van der Waals surface area contributed by atoms with Crippen LogP contribution in [0.2, 0.25) is 0 Å². The second-order valence-electron chi connectivity index (χ2n) is 5.05. The highest BCUT2D eigenvalue weighted by molar-refractivity contribution is 7.80. The van der Waals surface area contributed by atoms with Gasteiger partial charge in [-0.05, 0) is 69.7 Å². The highest BCUT2D eigenvalue weighted by Crippen LogP contribution is 2.13. The molecule has 0 bridgehead atoms. The molecule has 132 valence electrons. The van der Waals surface area contributed by atoms with Crippen LogP contribution in [0.3, 0.4) is 0 Å². The summed E-state index contributed by atoms with van der Waals surface area (Å²) in [4.78, 5) is 13.7. The normalized spacial score (nSPS) is 10.9. The fraction of sp³-hybridized carbons (Fsp3) is 0.471. The highest BCUT2D eigenvalue weighted by atomic mass is 32.1. The first-order chi connectivity index (χ1) is 11.5. The van der Waals surface area contributed by atoms with Crippen molar-refractivity contribution in [3.63, 3.8) is 0 Å². The first-order valence-electron chi connectivity index (χ1n) is 8.10. The molecule has 0 aliphatic rings. The Morgan fingerprint density at radius 2 is 1.83 bits per heavy atom. The number of carbonyl (C=O) groups is 1. The average Bonchev–Trinajstić information content (AvgIpc) is 2.59. The second-order valence-corrected chi connectivity index (χ2v) is 5.46. The third-order valence-electron chi connectivity index (χ3n) is 3.41. The van der Waals surface area contributed by atoms with E-state index in [1.165, 1.54) is 0 Å². The molecule has 0 aliphatic carbocycles. The molecule has 0 saturated heterocycles. The topological polar surface area (TPSA) is 66.0 Å². The van der Waals surface area contributed by atoms with E-state index in [1.54, 1.807) is 4.90 Å². The van der Waals surface area contributed by atoms with Crippen LogP contribution in [0.4, 0.5) is 0 Å². The monoisotopic (exact) mass is 350 g/mol. The zero-order valence-corrected chi connectivity index (χ0v) is 15.6. The Morgan fingerprint density at radius 1 is 1.21 bits per heavy atom. The van der Waals surface area contributed by atoms with Gasteiger partial charge in [-0.15, -0.1) is 0 Å². The van der Waals surface area contributed by atoms with Crippen LogP contribution in [0.1, 0.15) is 33.3 Å². The molecule has 1 amide bonds. The fourth-order valence-corrected chi connectivity index (χ4v) is 2.19. The van der Waals surface area contributed by atoms with Crippen LogP contribution in [-0.2, 0) is 4.79 Å². The molecule has 1 aromatic carbocycles. The number of hydrazone groups is 1. The number of benzene rings is 1. The summed E-state index contributed by atoms with van der Waals surface area (Å²) >= 11 is 5.06. The van der Waals surface area contributed by atoms with Crippen LogP contribution < -0.4 is 15.5 Å². The van der Waals surface area contributed by atoms with Gasteiger partial charge in [0.05, 0.1) is 5.71 Å². The molecule has 1 aromatic rings. The van der Waals surface area contributed by atoms with E-state index in [4.69, 9.17) is 17.0 Å². The van der Waals surface area contributed by atoms with Gasteiger partial charge in [-0.2, -0.15) is 5.10 Å². The van der Waals surface area contributed by atoms with E-state index in [0.717, 1.165) is 17.8 Å². The molecule has 0 spiro atoms. The molecule has 2 N–H and O–H groups in total. The van der Waals surface area contributed by atoms with Gasteiger partial charge in [-0.3, -0.25) is 10.2 Å². The summed E-state index contributed by atoms with van der Waals surface area (Å²) in [6, 6.07) is 7.45. The second kappa shape index (κ2) is 10.6. The maximum atomic E-state index is 11.9. The van der Waals surface area contributed by atoms with E-state index in [2.05, 4.69) is 15.8 Å². The van der Waals surface area contributed by atoms with E-state index in [1.807, 2.05) is 52.0 Å². The molecule has 0 unspecified atom stereocenters. The average molecular weight is 350 g/mol. The third kappa shape index (κ3) is 6.54. The molecule has 0 fully saturated rings. The smallest absolute Gasteiger partial charge is 0.260 e. The number of hydrogen-bond acceptors (Lipinski definition) is 4. The number of nitrogens with zero attached hydrogens (tertiary/aromatic N) is 2. The summed E-state index contributed by atoms with van der Waals surface area (Å²) in [6.07, 6.45) is 0. The van der Waals surface area contributed by atoms with E-state index < -0.39 is 0 Å². The van der Waals surface area contributed by atoms with Gasteiger partial charge < -0.3 is 15.0 Å². The molecule has 6 nitrogen and oxygen atoms in total. The minimum atomic E-state index is -0.0112. The van der Waals surface area contributed by atoms with Gasteiger partial charge in [-0.1, -0.05) is 0 Å². The van der Waals surface area contributed by atoms with Gasteiger partial charge in [-0.25, -0.2) is 0 Å². The van der Waals surface area contributed by atoms with Gasteiger partial charge in [0, 0.05) is 19.6 Å². The number of thiocarbonyl (C=S) groups is 1. The third-order valence-corrected chi connectivity index (χ3v) is 3.65. The lowest BCUT2D eigenvalue weighted by Gasteiger charge is -2.18. The van der Waals surface area contributed by atoms with Gasteiger partial charge in [0.1, 0.15) is 5.75 Å². The largest absolute Gasteiger partial charge is 0.484 e. The molecule has 24 heavy (non-hydrogen) atoms. The Balaban J connectivity index is 2.57. The Kier molecular flexibility index (Phi) is 8.78. The highest BCUT2D eigenvalue weighted by Gasteiger charge is 2.10. The lowest BCUT2D eigenvalue weighted by atomic mass is 10.1. The minimum Gasteiger partial charge on any atom is -0.484 e. The van der Waals surface area contributed by atoms with Crippen LogP contribution in [0, 0.1) is 0 Å². The molecule has 7 heteroatoms. The number of carbonyl (C=O) groups excluding carboxylic acids is 1. The van der Waals surface area contributed by atoms with Crippen LogP contribution in [0.5, 0.6) is 5.75 Å². The van der Waals surface area contributed by atoms with Crippen LogP contribution in [-0.4, -0.2) is 47.9 Å². The molecule has 0 aliphatic heterocycles. The Morgan fingerprint density at radius 3 is 2.38 bits per heavy atom. The van der Waals surface area contributed by atoms with Gasteiger partial charge in [0.15, 0.2) is 11.7 Å². The van der Waals surface area contributed by atoms with Crippen molar-refractivity contribution in [2.45, 2.75) is 27.7 Å². The van der Waals surface area contributed by atoms with E-state index >= 15 is 0 Å². The Labute approximate surface area is 149 Å². The van der Waals surface area contributed by atoms with Gasteiger partial charge in [0.2, 0.25) is 0 Å². The number of likely N-dealkylation sites (N-methyl/N-ethyl adjacent to an activating group) is 1. The van der Waals surface area contributed by atoms with Crippen molar-refractivity contribution in [1.82, 2.24) is 15.6 Å². The quantitative estimate of drug-likeness (QED) is 0.427. The number of rotatable bonds is 8. The van der Waals surface area contributed by atoms with Gasteiger partial charge >= 0.3 is 0 Å². The summed E-state index contributed by atoms with van der Waals surface area (Å²) in [5.41, 5.74) is 4.54. The molecular formula is C17H26N4O2S. The van der Waals surface area contributed by atoms with Gasteiger partial charge in [0.25, 0.3) is 5.91 Å². The summed E-state index contributed by atoms with van der Waals surface area (Å²) in [5, 5.41) is 7.68.